The number of methoxy groups -OCH3 is 3. The number of nitrogens with zero attached hydrogens (tertiary/aromatic N) is 3. The third-order valence-corrected chi connectivity index (χ3v) is 16.8. The molecule has 0 amide bonds. The molecule has 9 rings (SSSR count). The lowest BCUT2D eigenvalue weighted by Crippen LogP contribution is -2.78. The van der Waals surface area contributed by atoms with Gasteiger partial charge in [0, 0.05) is 111 Å². The number of aromatic nitrogens is 1. The van der Waals surface area contributed by atoms with E-state index in [1.807, 2.05) is 43.1 Å². The Hall–Kier alpha value is -4.38. The van der Waals surface area contributed by atoms with Crippen molar-refractivity contribution < 1.29 is 48.1 Å². The first-order valence-corrected chi connectivity index (χ1v) is 23.6. The predicted molar refractivity (Wildman–Crippen MR) is 237 cm³/mol. The number of aromatic amines is 1. The van der Waals surface area contributed by atoms with Crippen LogP contribution in [-0.4, -0.2) is 138 Å². The molecule has 2 bridgehead atoms. The average Bonchev–Trinajstić information content (AvgIpc) is 3.93. The molecule has 3 aromatic rings. The Bertz CT molecular complexity index is 2420. The molecule has 15 heteroatoms. The molecule has 63 heavy (non-hydrogen) atoms. The molecule has 10 atom stereocenters. The first kappa shape index (κ1) is 43.9. The minimum atomic E-state index is -2.29. The molecule has 3 unspecified atom stereocenters. The van der Waals surface area contributed by atoms with Gasteiger partial charge in [-0.15, -0.1) is 0 Å². The average molecular weight is 885 g/mol. The van der Waals surface area contributed by atoms with Gasteiger partial charge in [0.1, 0.15) is 16.9 Å². The monoisotopic (exact) mass is 884 g/mol. The first-order chi connectivity index (χ1) is 30.3. The van der Waals surface area contributed by atoms with Gasteiger partial charge in [-0.05, 0) is 78.6 Å². The zero-order valence-corrected chi connectivity index (χ0v) is 38.1. The van der Waals surface area contributed by atoms with E-state index in [-0.39, 0.29) is 18.6 Å². The van der Waals surface area contributed by atoms with E-state index in [9.17, 15) is 24.4 Å². The number of nitrogens with one attached hydrogen (secondary N) is 1. The van der Waals surface area contributed by atoms with Gasteiger partial charge in [-0.25, -0.2) is 4.79 Å². The van der Waals surface area contributed by atoms with Crippen molar-refractivity contribution in [3.63, 3.8) is 0 Å². The summed E-state index contributed by atoms with van der Waals surface area (Å²) in [6.07, 6.45) is 6.03. The molecule has 0 radical (unpaired) electrons. The van der Waals surface area contributed by atoms with Crippen LogP contribution < -0.4 is 9.64 Å². The molecule has 1 spiro atoms. The number of ether oxygens (including phenoxy) is 4. The fourth-order valence-corrected chi connectivity index (χ4v) is 14.2. The molecule has 1 aromatic heterocycles. The molecule has 1 aliphatic carbocycles. The van der Waals surface area contributed by atoms with E-state index in [2.05, 4.69) is 39.9 Å². The molecule has 3 N–H and O–H groups in total. The molecular formula is C48H60N4O10S. The number of esters is 3. The molecule has 6 heterocycles. The van der Waals surface area contributed by atoms with Crippen LogP contribution in [0.5, 0.6) is 5.75 Å². The Balaban J connectivity index is 1.34. The summed E-state index contributed by atoms with van der Waals surface area (Å²) in [5.74, 6) is -1.78. The van der Waals surface area contributed by atoms with Crippen LogP contribution in [0.4, 0.5) is 5.69 Å². The number of anilines is 1. The van der Waals surface area contributed by atoms with Gasteiger partial charge < -0.3 is 43.6 Å². The number of benzene rings is 2. The van der Waals surface area contributed by atoms with Crippen molar-refractivity contribution in [2.75, 3.05) is 71.8 Å². The fraction of sp³-hybridized carbons (Fsp3) is 0.562. The third-order valence-electron chi connectivity index (χ3n) is 15.4. The third kappa shape index (κ3) is 6.27. The number of likely N-dealkylation sites (N-methyl/N-ethyl adjacent to an activating group) is 1. The van der Waals surface area contributed by atoms with Gasteiger partial charge in [0.15, 0.2) is 11.0 Å². The molecule has 2 fully saturated rings. The van der Waals surface area contributed by atoms with Crippen molar-refractivity contribution in [1.82, 2.24) is 14.8 Å². The molecule has 2 aromatic carbocycles. The Labute approximate surface area is 371 Å². The SMILES string of the molecule is CCC1=C[C@H]2CN(C1)Cc1c([nH]c3ccc([S+]([O-])CCCO)cc13)[C@@](C(=O)OC)(c1cc3c(cc1OC)N(C)[C@H]1[C@@](O)(C(=O)OC)[C@H](OC(C)=O)C4C(CC)=CCN5CC[C@]31[C@H]45)C2. The van der Waals surface area contributed by atoms with Crippen molar-refractivity contribution in [2.45, 2.75) is 98.9 Å². The number of H-pyrrole nitrogens is 1. The summed E-state index contributed by atoms with van der Waals surface area (Å²) in [5, 5.41) is 23.7. The van der Waals surface area contributed by atoms with Gasteiger partial charge >= 0.3 is 17.9 Å². The molecule has 5 aliphatic heterocycles. The van der Waals surface area contributed by atoms with Crippen LogP contribution in [0.25, 0.3) is 10.9 Å². The summed E-state index contributed by atoms with van der Waals surface area (Å²) < 4.78 is 37.4. The summed E-state index contributed by atoms with van der Waals surface area (Å²) in [6, 6.07) is 8.54. The number of fused-ring (bicyclic) bond motifs is 6. The second kappa shape index (κ2) is 16.2. The molecule has 6 aliphatic rings. The Kier molecular flexibility index (Phi) is 11.3. The van der Waals surface area contributed by atoms with Gasteiger partial charge in [0.2, 0.25) is 5.60 Å². The highest BCUT2D eigenvalue weighted by Gasteiger charge is 2.77. The van der Waals surface area contributed by atoms with Crippen LogP contribution in [0.15, 0.2) is 58.5 Å². The van der Waals surface area contributed by atoms with E-state index in [1.54, 1.807) is 7.11 Å². The number of hydrogen-bond acceptors (Lipinski definition) is 13. The number of rotatable bonds is 11. The Morgan fingerprint density at radius 1 is 1.03 bits per heavy atom. The summed E-state index contributed by atoms with van der Waals surface area (Å²) in [5.41, 5.74) is 2.19. The lowest BCUT2D eigenvalue weighted by molar-refractivity contribution is -0.212. The lowest BCUT2D eigenvalue weighted by Gasteiger charge is -2.59. The van der Waals surface area contributed by atoms with E-state index < -0.39 is 63.6 Å². The molecule has 14 nitrogen and oxygen atoms in total. The van der Waals surface area contributed by atoms with E-state index >= 15 is 4.79 Å². The summed E-state index contributed by atoms with van der Waals surface area (Å²) >= 11 is -1.35. The lowest BCUT2D eigenvalue weighted by atomic mass is 9.52. The zero-order valence-electron chi connectivity index (χ0n) is 37.3. The number of carbonyl (C=O) groups excluding carboxylic acids is 3. The maximum Gasteiger partial charge on any atom is 0.344 e. The number of aliphatic hydroxyl groups excluding tert-OH is 1. The van der Waals surface area contributed by atoms with Crippen molar-refractivity contribution in [3.8, 4) is 5.75 Å². The van der Waals surface area contributed by atoms with Crippen molar-refractivity contribution in [2.24, 2.45) is 11.8 Å². The minimum absolute atomic E-state index is 0.0500. The Morgan fingerprint density at radius 3 is 2.49 bits per heavy atom. The minimum Gasteiger partial charge on any atom is -0.611 e. The van der Waals surface area contributed by atoms with Gasteiger partial charge in [0.25, 0.3) is 0 Å². The van der Waals surface area contributed by atoms with Crippen LogP contribution in [0.2, 0.25) is 0 Å². The smallest absolute Gasteiger partial charge is 0.344 e. The van der Waals surface area contributed by atoms with Crippen LogP contribution in [-0.2, 0) is 57.1 Å². The molecule has 1 saturated carbocycles. The van der Waals surface area contributed by atoms with Gasteiger partial charge in [-0.3, -0.25) is 19.4 Å². The van der Waals surface area contributed by atoms with E-state index in [0.29, 0.717) is 79.5 Å². The predicted octanol–water partition coefficient (Wildman–Crippen LogP) is 4.24. The van der Waals surface area contributed by atoms with Crippen LogP contribution in [0.1, 0.15) is 75.3 Å². The summed E-state index contributed by atoms with van der Waals surface area (Å²) in [7, 11) is 6.11. The number of aliphatic hydroxyl groups is 2. The van der Waals surface area contributed by atoms with Crippen LogP contribution >= 0.6 is 0 Å². The van der Waals surface area contributed by atoms with Gasteiger partial charge in [-0.1, -0.05) is 37.1 Å². The highest BCUT2D eigenvalue weighted by molar-refractivity contribution is 7.91. The largest absolute Gasteiger partial charge is 0.611 e. The van der Waals surface area contributed by atoms with Crippen molar-refractivity contribution >= 4 is 45.7 Å². The number of carbonyl (C=O) groups is 3. The quantitative estimate of drug-likeness (QED) is 0.108. The Morgan fingerprint density at radius 2 is 1.81 bits per heavy atom. The maximum atomic E-state index is 15.4. The molecule has 338 valence electrons. The van der Waals surface area contributed by atoms with Crippen molar-refractivity contribution in [1.29, 1.82) is 0 Å². The van der Waals surface area contributed by atoms with Gasteiger partial charge in [0.05, 0.1) is 27.4 Å². The second-order valence-corrected chi connectivity index (χ2v) is 19.9. The van der Waals surface area contributed by atoms with E-state index in [0.717, 1.165) is 46.3 Å². The summed E-state index contributed by atoms with van der Waals surface area (Å²) in [4.78, 5) is 53.9. The van der Waals surface area contributed by atoms with E-state index in [4.69, 9.17) is 18.9 Å². The van der Waals surface area contributed by atoms with Crippen molar-refractivity contribution in [3.05, 3.63) is 76.0 Å². The standard InChI is InChI=1S/C48H60N4O10S/c1-8-28-19-29-23-47(44(55)60-6,40-33(26-51(24-28)25-29)32-20-31(11-12-36(32)49-40)63(58)18-10-17-53)35-21-34-37(22-38(35)59-5)50(4)43-46(34)14-16-52-15-13-30(9-2)39(41(46)52)42(62-27(3)54)48(43,57)45(56)61-7/h11-13,19-22,29,39,41-43,49,53,57H,8-10,14-18,23-26H2,1-7H3/t29-,39?,41+,42-,43-,46-,47+,48-,63?/m1/s1. The second-order valence-electron chi connectivity index (χ2n) is 18.3. The number of hydrogen-bond donors (Lipinski definition) is 3. The molecule has 1 saturated heterocycles. The fourth-order valence-electron chi connectivity index (χ4n) is 13.1. The maximum absolute atomic E-state index is 15.4. The highest BCUT2D eigenvalue weighted by atomic mass is 32.2. The molecular weight excluding hydrogens is 825 g/mol. The first-order valence-electron chi connectivity index (χ1n) is 22.3. The van der Waals surface area contributed by atoms with E-state index in [1.165, 1.54) is 26.7 Å². The van der Waals surface area contributed by atoms with Gasteiger partial charge in [-0.2, -0.15) is 0 Å². The summed E-state index contributed by atoms with van der Waals surface area (Å²) in [6.45, 7) is 8.77. The highest BCUT2D eigenvalue weighted by Crippen LogP contribution is 2.65. The topological polar surface area (TPSA) is 177 Å². The normalized spacial score (nSPS) is 32.3. The van der Waals surface area contributed by atoms with Crippen LogP contribution in [0.3, 0.4) is 0 Å². The zero-order chi connectivity index (χ0) is 44.7. The van der Waals surface area contributed by atoms with Crippen LogP contribution in [0, 0.1) is 11.8 Å².